The molecule has 0 aromatic rings. The Morgan fingerprint density at radius 3 is 0.286 bits per heavy atom. The zero-order valence-corrected chi connectivity index (χ0v) is 26.1. The average Bonchev–Trinajstić information content (AvgIpc) is 2.08. The first kappa shape index (κ1) is 63.8. The van der Waals surface area contributed by atoms with Gasteiger partial charge in [-0.1, -0.05) is 0 Å². The second-order valence-electron chi connectivity index (χ2n) is 1.50. The van der Waals surface area contributed by atoms with E-state index >= 15 is 0 Å². The Kier molecular flexibility index (Phi) is 132. The second kappa shape index (κ2) is 58.0. The van der Waals surface area contributed by atoms with Gasteiger partial charge in [0.05, 0.1) is 0 Å². The number of hydrogen-bond donors (Lipinski definition) is 0. The summed E-state index contributed by atoms with van der Waals surface area (Å²) < 4.78 is 154. The van der Waals surface area contributed by atoms with Crippen molar-refractivity contribution in [2.45, 2.75) is 0 Å². The van der Waals surface area contributed by atoms with Crippen LogP contribution in [0.5, 0.6) is 0 Å². The van der Waals surface area contributed by atoms with E-state index in [1.54, 1.807) is 0 Å². The third kappa shape index (κ3) is 1220. The Morgan fingerprint density at radius 2 is 0.286 bits per heavy atom. The SMILES string of the molecule is [Al+3].[Al+3].[Fe+3].[Fe+3].[O]=[Ti]([O-])[O-].[O]=[Ti]([O-])[O-].[O]=[Ti]([O-])[O-].[O]=[Ti]([O-])[O-].[O]=[Ti]([O-])[O-].[O]=[Ti]([O-])[O-]. The molecule has 0 rings (SSSR count). The molecule has 154 valence electrons. The molecule has 0 atom stereocenters. The molecule has 0 spiro atoms. The molecule has 0 aromatic heterocycles. The standard InChI is InChI=1S/2Al.2Fe.18O.6Ti/q4*+3;;;;;;;12*-1;;;;;;. The number of hydrogen-bond acceptors (Lipinski definition) is 18. The third-order valence-corrected chi connectivity index (χ3v) is 0. The van der Waals surface area contributed by atoms with E-state index in [9.17, 15) is 0 Å². The molecule has 0 aliphatic rings. The molecule has 0 heterocycles. The van der Waals surface area contributed by atoms with Gasteiger partial charge in [-0.15, -0.1) is 0 Å². The fourth-order valence-electron chi connectivity index (χ4n) is 0. The van der Waals surface area contributed by atoms with Gasteiger partial charge in [-0.25, -0.2) is 0 Å². The quantitative estimate of drug-likeness (QED) is 0.208. The van der Waals surface area contributed by atoms with E-state index in [1.807, 2.05) is 0 Å². The summed E-state index contributed by atoms with van der Waals surface area (Å²) in [5.41, 5.74) is 0. The predicted molar refractivity (Wildman–Crippen MR) is 15.6 cm³/mol. The van der Waals surface area contributed by atoms with Crippen molar-refractivity contribution in [1.29, 1.82) is 0 Å². The van der Waals surface area contributed by atoms with E-state index in [1.165, 1.54) is 0 Å². The molecule has 0 aliphatic carbocycles. The Balaban J connectivity index is -0.0000000169. The van der Waals surface area contributed by atoms with E-state index < -0.39 is 112 Å². The number of rotatable bonds is 0. The molecule has 0 amide bonds. The van der Waals surface area contributed by atoms with Crippen LogP contribution in [0.3, 0.4) is 0 Å². The van der Waals surface area contributed by atoms with Crippen molar-refractivity contribution in [3.8, 4) is 0 Å². The van der Waals surface area contributed by atoms with E-state index in [0.717, 1.165) is 0 Å². The molecule has 0 N–H and O–H groups in total. The molecular formula is Al2Fe2O18Ti6. The summed E-state index contributed by atoms with van der Waals surface area (Å²) in [6.45, 7) is 0. The first-order valence-corrected chi connectivity index (χ1v) is 15.1. The van der Waals surface area contributed by atoms with Crippen molar-refractivity contribution in [3.05, 3.63) is 0 Å². The monoisotopic (exact) mass is 741 g/mol. The van der Waals surface area contributed by atoms with Crippen LogP contribution < -0.4 is 44.3 Å². The topological polar surface area (TPSA) is 379 Å². The van der Waals surface area contributed by atoms with Gasteiger partial charge < -0.3 is 0 Å². The molecule has 0 saturated carbocycles. The minimum absolute atomic E-state index is 0. The van der Waals surface area contributed by atoms with Gasteiger partial charge in [-0.3, -0.25) is 0 Å². The fraction of sp³-hybridized carbons (Fsp3) is 0. The zero-order valence-electron chi connectivity index (χ0n) is 12.2. The van der Waals surface area contributed by atoms with Crippen LogP contribution in [0.2, 0.25) is 0 Å². The normalized spacial score (nSPS) is 5.57. The first-order valence-electron chi connectivity index (χ1n) is 3.67. The molecule has 0 bridgehead atoms. The average molecular weight is 741 g/mol. The summed E-state index contributed by atoms with van der Waals surface area (Å²) in [5.74, 6) is 0. The van der Waals surface area contributed by atoms with Gasteiger partial charge in [-0.2, -0.15) is 0 Å². The summed E-state index contributed by atoms with van der Waals surface area (Å²) in [6, 6.07) is 0. The van der Waals surface area contributed by atoms with Crippen molar-refractivity contribution < 1.29 is 210 Å². The van der Waals surface area contributed by atoms with Crippen LogP contribution in [-0.2, 0) is 166 Å². The van der Waals surface area contributed by atoms with Gasteiger partial charge >= 0.3 is 245 Å². The van der Waals surface area contributed by atoms with Gasteiger partial charge in [0.15, 0.2) is 0 Å². The van der Waals surface area contributed by atoms with Crippen LogP contribution in [0.4, 0.5) is 0 Å². The molecule has 2 radical (unpaired) electrons. The third-order valence-electron chi connectivity index (χ3n) is 0. The van der Waals surface area contributed by atoms with E-state index in [2.05, 4.69) is 0 Å². The fourth-order valence-corrected chi connectivity index (χ4v) is 0. The van der Waals surface area contributed by atoms with E-state index in [0.29, 0.717) is 0 Å². The molecule has 18 nitrogen and oxygen atoms in total. The second-order valence-corrected chi connectivity index (χ2v) is 6.18. The molecule has 0 fully saturated rings. The van der Waals surface area contributed by atoms with Crippen LogP contribution in [0.15, 0.2) is 0 Å². The van der Waals surface area contributed by atoms with Gasteiger partial charge in [0.1, 0.15) is 0 Å². The maximum absolute atomic E-state index is 8.58. The Labute approximate surface area is 240 Å². The van der Waals surface area contributed by atoms with Crippen molar-refractivity contribution in [1.82, 2.24) is 0 Å². The summed E-state index contributed by atoms with van der Waals surface area (Å²) in [7, 11) is 0. The van der Waals surface area contributed by atoms with E-state index in [-0.39, 0.29) is 68.9 Å². The van der Waals surface area contributed by atoms with Crippen molar-refractivity contribution in [3.63, 3.8) is 0 Å². The van der Waals surface area contributed by atoms with E-state index in [4.69, 9.17) is 64.2 Å². The van der Waals surface area contributed by atoms with Crippen molar-refractivity contribution in [2.75, 3.05) is 0 Å². The van der Waals surface area contributed by atoms with Gasteiger partial charge in [0.25, 0.3) is 0 Å². The van der Waals surface area contributed by atoms with Crippen LogP contribution in [0, 0.1) is 0 Å². The minimum atomic E-state index is -4.08. The predicted octanol–water partition coefficient (Wildman–Crippen LogP) is -15.8. The first-order chi connectivity index (χ1) is 10.4. The maximum atomic E-state index is 8.58. The molecule has 28 heteroatoms. The van der Waals surface area contributed by atoms with Crippen LogP contribution in [-0.4, -0.2) is 34.7 Å². The molecular weight excluding hydrogens is 741 g/mol. The Bertz CT molecular complexity index is 271. The zero-order chi connectivity index (χ0) is 21.5. The van der Waals surface area contributed by atoms with Crippen LogP contribution >= 0.6 is 0 Å². The molecule has 0 saturated heterocycles. The summed E-state index contributed by atoms with van der Waals surface area (Å²) in [5, 5.41) is 0. The van der Waals surface area contributed by atoms with Gasteiger partial charge in [0.2, 0.25) is 0 Å². The van der Waals surface area contributed by atoms with Crippen molar-refractivity contribution >= 4 is 34.7 Å². The van der Waals surface area contributed by atoms with Gasteiger partial charge in [-0.05, 0) is 0 Å². The Morgan fingerprint density at radius 1 is 0.286 bits per heavy atom. The summed E-state index contributed by atoms with van der Waals surface area (Å²) in [6.07, 6.45) is 0. The molecule has 0 unspecified atom stereocenters. The summed E-state index contributed by atoms with van der Waals surface area (Å²) >= 11 is -24.5. The van der Waals surface area contributed by atoms with Crippen LogP contribution in [0.1, 0.15) is 0 Å². The van der Waals surface area contributed by atoms with Crippen molar-refractivity contribution in [2.24, 2.45) is 0 Å². The Hall–Kier alpha value is 4.71. The van der Waals surface area contributed by atoms with Crippen LogP contribution in [0.25, 0.3) is 0 Å². The molecule has 0 aromatic carbocycles. The summed E-state index contributed by atoms with van der Waals surface area (Å²) in [4.78, 5) is 0. The molecule has 0 aliphatic heterocycles. The molecule has 28 heavy (non-hydrogen) atoms. The van der Waals surface area contributed by atoms with Gasteiger partial charge in [0, 0.05) is 0 Å².